The van der Waals surface area contributed by atoms with Gasteiger partial charge in [0.25, 0.3) is 0 Å². The molecule has 0 unspecified atom stereocenters. The third kappa shape index (κ3) is 5.82. The van der Waals surface area contributed by atoms with Gasteiger partial charge in [0, 0.05) is 59.4 Å². The van der Waals surface area contributed by atoms with Crippen molar-refractivity contribution in [1.82, 2.24) is 0 Å². The maximum Gasteiger partial charge on any atom is 0.132 e. The molecular weight excluding hydrogens is 967 g/mol. The molecule has 0 amide bonds. The standard InChI is InChI=1S/C74H45NO2S/c1-4-24-56-52(20-1)55-45-48(40-43-58(55)73(56)59-26-6-10-32-65(59)76-66-33-11-7-27-60(66)73)47-18-15-19-50(44-47)75(49-41-38-46(39-42-49)51-23-16-37-70-71(51)54-22-3-14-36-69(54)78-70)64-31-17-30-63-72(64)53-21-2-5-25-57(53)74(63)61-28-8-12-34-67(61)77-68-35-13-9-29-62(68)74/h1-45H. The number of ether oxygens (including phenoxy) is 2. The third-order valence-corrected chi connectivity index (χ3v) is 18.3. The monoisotopic (exact) mass is 1010 g/mol. The van der Waals surface area contributed by atoms with Crippen LogP contribution in [0.1, 0.15) is 44.5 Å². The first-order valence-corrected chi connectivity index (χ1v) is 27.6. The topological polar surface area (TPSA) is 21.7 Å². The van der Waals surface area contributed by atoms with Crippen LogP contribution in [0.3, 0.4) is 0 Å². The second kappa shape index (κ2) is 16.4. The zero-order chi connectivity index (χ0) is 51.1. The van der Waals surface area contributed by atoms with Crippen LogP contribution in [0.4, 0.5) is 17.1 Å². The predicted molar refractivity (Wildman–Crippen MR) is 320 cm³/mol. The molecule has 78 heavy (non-hydrogen) atoms. The lowest BCUT2D eigenvalue weighted by Crippen LogP contribution is -2.32. The number of hydrogen-bond acceptors (Lipinski definition) is 4. The van der Waals surface area contributed by atoms with Crippen LogP contribution in [0, 0.1) is 0 Å². The normalized spacial score (nSPS) is 14.1. The highest BCUT2D eigenvalue weighted by Gasteiger charge is 2.53. The molecule has 0 saturated heterocycles. The van der Waals surface area contributed by atoms with Gasteiger partial charge in [0.05, 0.1) is 16.5 Å². The number of fused-ring (bicyclic) bond motifs is 21. The molecule has 2 spiro atoms. The van der Waals surface area contributed by atoms with E-state index in [0.717, 1.165) is 73.4 Å². The van der Waals surface area contributed by atoms with E-state index in [0.29, 0.717) is 0 Å². The molecule has 3 heterocycles. The van der Waals surface area contributed by atoms with Crippen LogP contribution < -0.4 is 14.4 Å². The molecule has 2 aliphatic carbocycles. The molecule has 0 N–H and O–H groups in total. The van der Waals surface area contributed by atoms with Gasteiger partial charge in [-0.15, -0.1) is 11.3 Å². The molecule has 0 fully saturated rings. The van der Waals surface area contributed by atoms with Gasteiger partial charge in [-0.05, 0) is 134 Å². The summed E-state index contributed by atoms with van der Waals surface area (Å²) in [5.74, 6) is 3.55. The van der Waals surface area contributed by atoms with Crippen molar-refractivity contribution >= 4 is 48.6 Å². The van der Waals surface area contributed by atoms with Crippen molar-refractivity contribution in [2.45, 2.75) is 10.8 Å². The fourth-order valence-electron chi connectivity index (χ4n) is 14.2. The zero-order valence-electron chi connectivity index (χ0n) is 42.2. The molecule has 1 aromatic heterocycles. The summed E-state index contributed by atoms with van der Waals surface area (Å²) in [6.45, 7) is 0. The van der Waals surface area contributed by atoms with E-state index in [9.17, 15) is 0 Å². The van der Waals surface area contributed by atoms with Gasteiger partial charge >= 0.3 is 0 Å². The SMILES string of the molecule is c1cc(-c2ccc3c(c2)-c2ccccc2C32c3ccccc3Oc3ccccc32)cc(N(c2ccc(-c3cccc4sc5ccccc5c34)cc2)c2cccc3c2-c2ccccc2C32c3ccccc3Oc3ccccc32)c1. The van der Waals surface area contributed by atoms with E-state index in [-0.39, 0.29) is 0 Å². The zero-order valence-corrected chi connectivity index (χ0v) is 43.0. The van der Waals surface area contributed by atoms with Gasteiger partial charge in [-0.25, -0.2) is 0 Å². The van der Waals surface area contributed by atoms with Crippen LogP contribution in [0.25, 0.3) is 64.7 Å². The number of nitrogens with zero attached hydrogens (tertiary/aromatic N) is 1. The van der Waals surface area contributed by atoms with E-state index in [1.165, 1.54) is 75.8 Å². The fourth-order valence-corrected chi connectivity index (χ4v) is 15.3. The number of rotatable bonds is 5. The Kier molecular flexibility index (Phi) is 9.14. The van der Waals surface area contributed by atoms with E-state index in [1.54, 1.807) is 0 Å². The molecule has 0 saturated carbocycles. The Morgan fingerprint density at radius 1 is 0.295 bits per heavy atom. The van der Waals surface area contributed by atoms with E-state index < -0.39 is 10.8 Å². The molecule has 13 aromatic rings. The first-order chi connectivity index (χ1) is 38.7. The summed E-state index contributed by atoms with van der Waals surface area (Å²) in [6.07, 6.45) is 0. The van der Waals surface area contributed by atoms with Crippen LogP contribution in [-0.2, 0) is 10.8 Å². The predicted octanol–water partition coefficient (Wildman–Crippen LogP) is 19.8. The van der Waals surface area contributed by atoms with Crippen molar-refractivity contribution in [2.75, 3.05) is 4.90 Å². The highest BCUT2D eigenvalue weighted by atomic mass is 32.1. The minimum absolute atomic E-state index is 0.532. The Hall–Kier alpha value is -9.74. The van der Waals surface area contributed by atoms with Crippen LogP contribution in [0.5, 0.6) is 23.0 Å². The number of para-hydroxylation sites is 4. The molecule has 4 aliphatic rings. The molecule has 0 atom stereocenters. The summed E-state index contributed by atoms with van der Waals surface area (Å²) < 4.78 is 16.0. The number of benzene rings is 12. The van der Waals surface area contributed by atoms with Crippen molar-refractivity contribution < 1.29 is 9.47 Å². The molecular formula is C74H45NO2S. The largest absolute Gasteiger partial charge is 0.457 e. The lowest BCUT2D eigenvalue weighted by atomic mass is 9.66. The molecule has 17 rings (SSSR count). The molecule has 4 heteroatoms. The Balaban J connectivity index is 0.875. The van der Waals surface area contributed by atoms with Crippen LogP contribution in [0.2, 0.25) is 0 Å². The van der Waals surface area contributed by atoms with Crippen LogP contribution >= 0.6 is 11.3 Å². The molecule has 0 bridgehead atoms. The second-order valence-corrected chi connectivity index (χ2v) is 22.0. The quantitative estimate of drug-likeness (QED) is 0.171. The highest BCUT2D eigenvalue weighted by Crippen LogP contribution is 2.65. The first kappa shape index (κ1) is 43.5. The summed E-state index contributed by atoms with van der Waals surface area (Å²) in [6, 6.07) is 100. The van der Waals surface area contributed by atoms with Gasteiger partial charge < -0.3 is 14.4 Å². The Bertz CT molecular complexity index is 4570. The molecule has 2 aliphatic heterocycles. The van der Waals surface area contributed by atoms with Crippen molar-refractivity contribution in [3.05, 3.63) is 317 Å². The third-order valence-electron chi connectivity index (χ3n) is 17.2. The summed E-state index contributed by atoms with van der Waals surface area (Å²) in [7, 11) is 0. The summed E-state index contributed by atoms with van der Waals surface area (Å²) in [5, 5.41) is 2.61. The second-order valence-electron chi connectivity index (χ2n) is 20.9. The molecule has 3 nitrogen and oxygen atoms in total. The molecule has 364 valence electrons. The number of hydrogen-bond donors (Lipinski definition) is 0. The first-order valence-electron chi connectivity index (χ1n) is 26.8. The number of thiophene rings is 1. The Labute approximate surface area is 456 Å². The fraction of sp³-hybridized carbons (Fsp3) is 0.0270. The molecule has 0 radical (unpaired) electrons. The summed E-state index contributed by atoms with van der Waals surface area (Å²) in [5.41, 5.74) is 21.4. The maximum atomic E-state index is 6.75. The molecule has 12 aromatic carbocycles. The van der Waals surface area contributed by atoms with Crippen molar-refractivity contribution in [2.24, 2.45) is 0 Å². The van der Waals surface area contributed by atoms with Crippen molar-refractivity contribution in [1.29, 1.82) is 0 Å². The van der Waals surface area contributed by atoms with E-state index >= 15 is 0 Å². The average Bonchev–Trinajstić information content (AvgIpc) is 4.27. The maximum absolute atomic E-state index is 6.75. The van der Waals surface area contributed by atoms with E-state index in [4.69, 9.17) is 9.47 Å². The van der Waals surface area contributed by atoms with E-state index in [1.807, 2.05) is 11.3 Å². The lowest BCUT2D eigenvalue weighted by molar-refractivity contribution is 0.436. The summed E-state index contributed by atoms with van der Waals surface area (Å²) in [4.78, 5) is 2.49. The van der Waals surface area contributed by atoms with Gasteiger partial charge in [0.15, 0.2) is 0 Å². The van der Waals surface area contributed by atoms with Crippen LogP contribution in [-0.4, -0.2) is 0 Å². The average molecular weight is 1010 g/mol. The Morgan fingerprint density at radius 3 is 1.45 bits per heavy atom. The van der Waals surface area contributed by atoms with Crippen LogP contribution in [0.15, 0.2) is 273 Å². The minimum Gasteiger partial charge on any atom is -0.457 e. The van der Waals surface area contributed by atoms with Crippen molar-refractivity contribution in [3.8, 4) is 67.5 Å². The van der Waals surface area contributed by atoms with Gasteiger partial charge in [0.2, 0.25) is 0 Å². The van der Waals surface area contributed by atoms with Gasteiger partial charge in [-0.2, -0.15) is 0 Å². The lowest BCUT2D eigenvalue weighted by Gasteiger charge is -2.39. The Morgan fingerprint density at radius 2 is 0.769 bits per heavy atom. The minimum atomic E-state index is -0.615. The van der Waals surface area contributed by atoms with E-state index in [2.05, 4.69) is 278 Å². The number of anilines is 3. The smallest absolute Gasteiger partial charge is 0.132 e. The highest BCUT2D eigenvalue weighted by molar-refractivity contribution is 7.25. The van der Waals surface area contributed by atoms with Gasteiger partial charge in [-0.1, -0.05) is 200 Å². The van der Waals surface area contributed by atoms with Crippen molar-refractivity contribution in [3.63, 3.8) is 0 Å². The summed E-state index contributed by atoms with van der Waals surface area (Å²) >= 11 is 1.86. The van der Waals surface area contributed by atoms with Gasteiger partial charge in [0.1, 0.15) is 23.0 Å². The van der Waals surface area contributed by atoms with Gasteiger partial charge in [-0.3, -0.25) is 0 Å².